The van der Waals surface area contributed by atoms with E-state index in [1.54, 1.807) is 6.07 Å². The maximum Gasteiger partial charge on any atom is 0.314 e. The van der Waals surface area contributed by atoms with Gasteiger partial charge in [-0.2, -0.15) is 0 Å². The van der Waals surface area contributed by atoms with Crippen molar-refractivity contribution < 1.29 is 33.1 Å². The van der Waals surface area contributed by atoms with Gasteiger partial charge in [-0.25, -0.2) is 4.98 Å². The molecule has 0 unspecified atom stereocenters. The minimum absolute atomic E-state index is 0.433. The molecule has 13 heteroatoms. The fourth-order valence-electron chi connectivity index (χ4n) is 2.07. The largest absolute Gasteiger partial charge is 0.481 e. The summed E-state index contributed by atoms with van der Waals surface area (Å²) in [4.78, 5) is 23.0. The molecule has 6 nitrogen and oxygen atoms in total. The summed E-state index contributed by atoms with van der Waals surface area (Å²) >= 11 is 21.3. The number of nitrogens with zero attached hydrogens (tertiary/aromatic N) is 1. The molecule has 0 saturated carbocycles. The molecule has 0 spiro atoms. The van der Waals surface area contributed by atoms with Crippen molar-refractivity contribution in [3.63, 3.8) is 0 Å². The number of nitrogens with two attached hydrogens (primary N) is 1. The van der Waals surface area contributed by atoms with Crippen LogP contribution in [0.15, 0.2) is 48.5 Å². The summed E-state index contributed by atoms with van der Waals surface area (Å²) in [6, 6.07) is 15.4. The van der Waals surface area contributed by atoms with E-state index in [1.807, 2.05) is 56.3 Å². The van der Waals surface area contributed by atoms with Gasteiger partial charge in [0.25, 0.3) is 0 Å². The van der Waals surface area contributed by atoms with Crippen LogP contribution < -0.4 is 19.0 Å². The predicted molar refractivity (Wildman–Crippen MR) is 168 cm³/mol. The van der Waals surface area contributed by atoms with Crippen LogP contribution in [0.5, 0.6) is 0 Å². The van der Waals surface area contributed by atoms with Gasteiger partial charge in [0.15, 0.2) is 0 Å². The maximum absolute atomic E-state index is 9.43. The van der Waals surface area contributed by atoms with Crippen LogP contribution in [0.1, 0.15) is 17.5 Å². The number of hydrogen-bond donors (Lipinski definition) is 3. The molecule has 0 saturated heterocycles. The third-order valence-corrected chi connectivity index (χ3v) is 3.73. The molecule has 1 aromatic heterocycles. The molecule has 1 heterocycles. The first-order valence-electron chi connectivity index (χ1n) is 8.49. The Morgan fingerprint density at radius 3 is 1.88 bits per heavy atom. The van der Waals surface area contributed by atoms with Crippen molar-refractivity contribution in [1.82, 2.24) is 4.98 Å². The smallest absolute Gasteiger partial charge is 0.314 e. The quantitative estimate of drug-likeness (QED) is 0.135. The molecule has 0 aliphatic heterocycles. The van der Waals surface area contributed by atoms with Gasteiger partial charge >= 0.3 is 62.4 Å². The van der Waals surface area contributed by atoms with Crippen molar-refractivity contribution in [3.8, 4) is 0 Å². The van der Waals surface area contributed by atoms with Crippen LogP contribution in [0.3, 0.4) is 0 Å². The molecule has 3 aromatic rings. The van der Waals surface area contributed by atoms with Gasteiger partial charge < -0.3 is 15.9 Å². The molecule has 3 rings (SSSR count). The molecule has 0 atom stereocenters. The number of carboxylic acids is 2. The monoisotopic (exact) mass is 1060 g/mol. The van der Waals surface area contributed by atoms with Crippen LogP contribution in [-0.4, -0.2) is 27.1 Å². The summed E-state index contributed by atoms with van der Waals surface area (Å²) in [6.07, 6.45) is -0.806. The molecule has 33 heavy (non-hydrogen) atoms. The van der Waals surface area contributed by atoms with Gasteiger partial charge in [0, 0.05) is 48.3 Å². The van der Waals surface area contributed by atoms with Gasteiger partial charge in [-0.15, -0.1) is 0 Å². The summed E-state index contributed by atoms with van der Waals surface area (Å²) in [7, 11) is 0. The minimum atomic E-state index is -1.31. The number of aliphatic carboxylic acids is 2. The molecule has 4 N–H and O–H groups in total. The van der Waals surface area contributed by atoms with Gasteiger partial charge in [0.2, 0.25) is 0 Å². The standard InChI is InChI=1S/C10H7Cl2N.C7H9N.C3H4O4.I3.I2/c1-6-2-3-7-8(11)5-10(12)13-9(7)4-6;1-6-3-2-4-7(8)5-6;4-2(5)1-3(6)7;1-3-2;1-2/h2-5H,1H3;2-5H,8H2,1H3;1H2,(H,4,5)(H,6,7);;/q;;;-1;. The fourth-order valence-corrected chi connectivity index (χ4v) is 2.58. The molecule has 0 bridgehead atoms. The fraction of sp³-hybridized carbons (Fsp3) is 0.150. The number of fused-ring (bicyclic) bond motifs is 1. The Morgan fingerprint density at radius 2 is 1.48 bits per heavy atom. The van der Waals surface area contributed by atoms with Gasteiger partial charge in [-0.3, -0.25) is 9.59 Å². The Balaban J connectivity index is 0. The SMILES string of the molecule is Cc1ccc2c(Cl)cc(Cl)nc2c1.Cc1cccc(N)c1.II.I[I-]I.O=C(O)CC(=O)O. The number of anilines is 1. The van der Waals surface area contributed by atoms with Gasteiger partial charge in [0.05, 0.1) is 10.5 Å². The van der Waals surface area contributed by atoms with Crippen molar-refractivity contribution in [2.24, 2.45) is 0 Å². The van der Waals surface area contributed by atoms with E-state index >= 15 is 0 Å². The van der Waals surface area contributed by atoms with E-state index in [1.165, 1.54) is 5.56 Å². The number of nitrogen functional groups attached to an aromatic ring is 1. The molecule has 184 valence electrons. The Kier molecular flexibility index (Phi) is 24.0. The Labute approximate surface area is 256 Å². The molecule has 0 aliphatic rings. The van der Waals surface area contributed by atoms with Gasteiger partial charge in [0.1, 0.15) is 11.6 Å². The molecule has 0 aliphatic carbocycles. The Hall–Kier alpha value is 0.820. The number of carbonyl (C=O) groups is 2. The second-order valence-corrected chi connectivity index (χ2v) is 22.9. The van der Waals surface area contributed by atoms with Crippen LogP contribution >= 0.6 is 97.7 Å². The number of aryl methyl sites for hydroxylation is 2. The van der Waals surface area contributed by atoms with E-state index in [0.29, 0.717) is 23.4 Å². The van der Waals surface area contributed by atoms with Crippen molar-refractivity contribution in [2.45, 2.75) is 20.3 Å². The van der Waals surface area contributed by atoms with E-state index in [0.717, 1.165) is 22.2 Å². The van der Waals surface area contributed by atoms with Crippen LogP contribution in [0.2, 0.25) is 10.2 Å². The number of halogens is 7. The topological polar surface area (TPSA) is 114 Å². The summed E-state index contributed by atoms with van der Waals surface area (Å²) < 4.78 is 0. The summed E-state index contributed by atoms with van der Waals surface area (Å²) in [6.45, 7) is 4.03. The van der Waals surface area contributed by atoms with Crippen molar-refractivity contribution in [1.29, 1.82) is 0 Å². The van der Waals surface area contributed by atoms with E-state index in [-0.39, 0.29) is 0 Å². The first-order valence-corrected chi connectivity index (χ1v) is 28.1. The van der Waals surface area contributed by atoms with E-state index in [4.69, 9.17) is 39.1 Å². The maximum atomic E-state index is 9.43. The molecular weight excluding hydrogens is 1040 g/mol. The normalized spacial score (nSPS) is 8.97. The number of rotatable bonds is 2. The molecule has 0 amide bonds. The van der Waals surface area contributed by atoms with E-state index in [2.05, 4.69) is 79.4 Å². The number of carboxylic acid groups (broad SMARTS) is 2. The minimum Gasteiger partial charge on any atom is -0.481 e. The number of benzene rings is 2. The van der Waals surface area contributed by atoms with E-state index < -0.39 is 18.4 Å². The Morgan fingerprint density at radius 1 is 0.970 bits per heavy atom. The van der Waals surface area contributed by atoms with Gasteiger partial charge in [-0.05, 0) is 49.2 Å². The zero-order valence-corrected chi connectivity index (χ0v) is 29.5. The van der Waals surface area contributed by atoms with E-state index in [9.17, 15) is 9.59 Å². The first-order chi connectivity index (χ1) is 15.5. The zero-order valence-electron chi connectivity index (χ0n) is 17.2. The van der Waals surface area contributed by atoms with Crippen molar-refractivity contribution in [2.75, 3.05) is 5.73 Å². The second-order valence-electron chi connectivity index (χ2n) is 5.88. The van der Waals surface area contributed by atoms with Crippen LogP contribution in [-0.2, 0) is 9.59 Å². The number of pyridine rings is 1. The van der Waals surface area contributed by atoms with Crippen molar-refractivity contribution in [3.05, 3.63) is 69.8 Å². The third kappa shape index (κ3) is 19.7. The summed E-state index contributed by atoms with van der Waals surface area (Å²) in [5.41, 5.74) is 9.51. The first kappa shape index (κ1) is 36.0. The number of hydrogen-bond acceptors (Lipinski definition) is 4. The van der Waals surface area contributed by atoms with Crippen LogP contribution in [0.25, 0.3) is 10.9 Å². The van der Waals surface area contributed by atoms with Crippen LogP contribution in [0, 0.1) is 13.8 Å². The molecule has 0 radical (unpaired) electrons. The van der Waals surface area contributed by atoms with Crippen LogP contribution in [0.4, 0.5) is 5.69 Å². The zero-order chi connectivity index (χ0) is 26.0. The molecular formula is C20H20Cl2I5N2O4-. The second kappa shape index (κ2) is 22.1. The summed E-state index contributed by atoms with van der Waals surface area (Å²) in [5.74, 6) is -2.62. The molecule has 0 fully saturated rings. The molecule has 2 aromatic carbocycles. The number of aromatic nitrogens is 1. The average Bonchev–Trinajstić information content (AvgIpc) is 2.69. The van der Waals surface area contributed by atoms with Gasteiger partial charge in [-0.1, -0.05) is 47.5 Å². The summed E-state index contributed by atoms with van der Waals surface area (Å²) in [5, 5.41) is 17.4. The van der Waals surface area contributed by atoms with Crippen molar-refractivity contribution >= 4 is 126 Å². The predicted octanol–water partition coefficient (Wildman–Crippen LogP) is 5.52. The third-order valence-electron chi connectivity index (χ3n) is 3.23. The Bertz CT molecular complexity index is 979. The average molecular weight is 1060 g/mol.